The van der Waals surface area contributed by atoms with E-state index < -0.39 is 5.97 Å². The van der Waals surface area contributed by atoms with Crippen LogP contribution >= 0.6 is 15.9 Å². The van der Waals surface area contributed by atoms with Crippen molar-refractivity contribution in [3.05, 3.63) is 52.0 Å². The Morgan fingerprint density at radius 2 is 2.29 bits per heavy atom. The lowest BCUT2D eigenvalue weighted by Gasteiger charge is -2.03. The van der Waals surface area contributed by atoms with E-state index in [-0.39, 0.29) is 11.4 Å². The molecule has 2 aromatic rings. The van der Waals surface area contributed by atoms with Gasteiger partial charge in [0.15, 0.2) is 0 Å². The lowest BCUT2D eigenvalue weighted by Crippen LogP contribution is -2.03. The summed E-state index contributed by atoms with van der Waals surface area (Å²) in [5.74, 6) is -1.38. The van der Waals surface area contributed by atoms with Crippen molar-refractivity contribution in [3.8, 4) is 0 Å². The molecule has 1 aromatic heterocycles. The van der Waals surface area contributed by atoms with E-state index >= 15 is 0 Å². The molecular formula is C11H8BrFN2O2. The van der Waals surface area contributed by atoms with Crippen LogP contribution in [0.1, 0.15) is 15.9 Å². The lowest BCUT2D eigenvalue weighted by molar-refractivity contribution is 0.0695. The molecule has 6 heteroatoms. The molecule has 0 aliphatic rings. The Bertz CT molecular complexity index is 568. The number of hydrogen-bond acceptors (Lipinski definition) is 2. The summed E-state index contributed by atoms with van der Waals surface area (Å²) in [7, 11) is 0. The van der Waals surface area contributed by atoms with Crippen molar-refractivity contribution in [3.63, 3.8) is 0 Å². The van der Waals surface area contributed by atoms with E-state index in [2.05, 4.69) is 21.0 Å². The third-order valence-electron chi connectivity index (χ3n) is 2.23. The first-order valence-corrected chi connectivity index (χ1v) is 5.56. The molecule has 4 nitrogen and oxygen atoms in total. The van der Waals surface area contributed by atoms with Crippen LogP contribution in [0, 0.1) is 5.82 Å². The highest BCUT2D eigenvalue weighted by Crippen LogP contribution is 2.17. The summed E-state index contributed by atoms with van der Waals surface area (Å²) >= 11 is 3.15. The highest BCUT2D eigenvalue weighted by molar-refractivity contribution is 9.10. The van der Waals surface area contributed by atoms with E-state index in [0.717, 1.165) is 0 Å². The molecule has 17 heavy (non-hydrogen) atoms. The van der Waals surface area contributed by atoms with E-state index in [1.165, 1.54) is 23.0 Å². The van der Waals surface area contributed by atoms with Gasteiger partial charge in [0.05, 0.1) is 12.7 Å². The van der Waals surface area contributed by atoms with Gasteiger partial charge in [-0.15, -0.1) is 0 Å². The van der Waals surface area contributed by atoms with Crippen LogP contribution in [-0.4, -0.2) is 20.9 Å². The van der Waals surface area contributed by atoms with Gasteiger partial charge in [0.2, 0.25) is 0 Å². The molecule has 0 aliphatic carbocycles. The van der Waals surface area contributed by atoms with E-state index in [1.54, 1.807) is 12.1 Å². The molecule has 0 spiro atoms. The highest BCUT2D eigenvalue weighted by Gasteiger charge is 2.14. The zero-order valence-corrected chi connectivity index (χ0v) is 10.2. The molecule has 0 fully saturated rings. The molecule has 0 atom stereocenters. The maximum absolute atomic E-state index is 13.0. The quantitative estimate of drug-likeness (QED) is 0.947. The Morgan fingerprint density at radius 1 is 1.53 bits per heavy atom. The van der Waals surface area contributed by atoms with Crippen LogP contribution in [-0.2, 0) is 6.54 Å². The number of rotatable bonds is 3. The third-order valence-corrected chi connectivity index (χ3v) is 3.06. The molecule has 0 aliphatic heterocycles. The molecule has 0 unspecified atom stereocenters. The van der Waals surface area contributed by atoms with Crippen LogP contribution in [0.3, 0.4) is 0 Å². The van der Waals surface area contributed by atoms with Gasteiger partial charge in [0, 0.05) is 0 Å². The van der Waals surface area contributed by atoms with Crippen molar-refractivity contribution < 1.29 is 14.3 Å². The molecule has 0 radical (unpaired) electrons. The number of benzene rings is 1. The Balaban J connectivity index is 2.28. The van der Waals surface area contributed by atoms with Gasteiger partial charge in [-0.25, -0.2) is 9.18 Å². The summed E-state index contributed by atoms with van der Waals surface area (Å²) in [5.41, 5.74) is 0.798. The molecule has 1 N–H and O–H groups in total. The first kappa shape index (κ1) is 11.8. The SMILES string of the molecule is O=C(O)c1cnn(Cc2cccc(F)c2)c1Br. The second-order valence-electron chi connectivity index (χ2n) is 3.44. The summed E-state index contributed by atoms with van der Waals surface area (Å²) in [6.45, 7) is 0.311. The average molecular weight is 299 g/mol. The zero-order valence-electron chi connectivity index (χ0n) is 8.60. The monoisotopic (exact) mass is 298 g/mol. The third kappa shape index (κ3) is 2.52. The van der Waals surface area contributed by atoms with Crippen LogP contribution in [0.5, 0.6) is 0 Å². The molecule has 2 rings (SSSR count). The standard InChI is InChI=1S/C11H8BrFN2O2/c12-10-9(11(16)17)5-14-15(10)6-7-2-1-3-8(13)4-7/h1-5H,6H2,(H,16,17). The predicted molar refractivity (Wildman–Crippen MR) is 62.4 cm³/mol. The summed E-state index contributed by atoms with van der Waals surface area (Å²) in [6.07, 6.45) is 1.26. The van der Waals surface area contributed by atoms with E-state index in [4.69, 9.17) is 5.11 Å². The molecule has 0 amide bonds. The van der Waals surface area contributed by atoms with E-state index in [9.17, 15) is 9.18 Å². The number of carboxylic acid groups (broad SMARTS) is 1. The van der Waals surface area contributed by atoms with Gasteiger partial charge in [-0.3, -0.25) is 4.68 Å². The first-order chi connectivity index (χ1) is 8.08. The number of hydrogen-bond donors (Lipinski definition) is 1. The van der Waals surface area contributed by atoms with Gasteiger partial charge in [0.1, 0.15) is 16.0 Å². The fourth-order valence-corrected chi connectivity index (χ4v) is 1.92. The van der Waals surface area contributed by atoms with Gasteiger partial charge in [-0.2, -0.15) is 5.10 Å². The number of carbonyl (C=O) groups is 1. The fraction of sp³-hybridized carbons (Fsp3) is 0.0909. The van der Waals surface area contributed by atoms with E-state index in [0.29, 0.717) is 16.7 Å². The first-order valence-electron chi connectivity index (χ1n) is 4.77. The Labute approximate surface area is 105 Å². The van der Waals surface area contributed by atoms with Crippen molar-refractivity contribution in [1.82, 2.24) is 9.78 Å². The minimum absolute atomic E-state index is 0.0846. The van der Waals surface area contributed by atoms with Gasteiger partial charge >= 0.3 is 5.97 Å². The minimum atomic E-state index is -1.05. The minimum Gasteiger partial charge on any atom is -0.478 e. The normalized spacial score (nSPS) is 10.5. The molecule has 1 heterocycles. The summed E-state index contributed by atoms with van der Waals surface area (Å²) in [6, 6.07) is 6.08. The lowest BCUT2D eigenvalue weighted by atomic mass is 10.2. The molecule has 0 bridgehead atoms. The second-order valence-corrected chi connectivity index (χ2v) is 4.19. The topological polar surface area (TPSA) is 55.1 Å². The van der Waals surface area contributed by atoms with Crippen LogP contribution in [0.4, 0.5) is 4.39 Å². The molecule has 88 valence electrons. The second kappa shape index (κ2) is 4.67. The van der Waals surface area contributed by atoms with Gasteiger partial charge in [-0.1, -0.05) is 12.1 Å². The maximum Gasteiger partial charge on any atom is 0.340 e. The largest absolute Gasteiger partial charge is 0.478 e. The zero-order chi connectivity index (χ0) is 12.4. The van der Waals surface area contributed by atoms with Crippen LogP contribution in [0.15, 0.2) is 35.1 Å². The number of carboxylic acids is 1. The average Bonchev–Trinajstić information content (AvgIpc) is 2.61. The van der Waals surface area contributed by atoms with Crippen molar-refractivity contribution in [2.24, 2.45) is 0 Å². The van der Waals surface area contributed by atoms with Crippen molar-refractivity contribution in [1.29, 1.82) is 0 Å². The van der Waals surface area contributed by atoms with Crippen molar-refractivity contribution >= 4 is 21.9 Å². The van der Waals surface area contributed by atoms with Gasteiger partial charge in [0.25, 0.3) is 0 Å². The van der Waals surface area contributed by atoms with Crippen LogP contribution < -0.4 is 0 Å². The molecule has 0 saturated heterocycles. The molecule has 0 saturated carbocycles. The smallest absolute Gasteiger partial charge is 0.340 e. The van der Waals surface area contributed by atoms with Crippen molar-refractivity contribution in [2.75, 3.05) is 0 Å². The fourth-order valence-electron chi connectivity index (χ4n) is 1.43. The van der Waals surface area contributed by atoms with Gasteiger partial charge in [-0.05, 0) is 33.6 Å². The Morgan fingerprint density at radius 3 is 2.88 bits per heavy atom. The number of halogens is 2. The predicted octanol–water partition coefficient (Wildman–Crippen LogP) is 2.53. The molecular weight excluding hydrogens is 291 g/mol. The molecule has 1 aromatic carbocycles. The number of aromatic carboxylic acids is 1. The highest BCUT2D eigenvalue weighted by atomic mass is 79.9. The summed E-state index contributed by atoms with van der Waals surface area (Å²) in [5, 5.41) is 12.8. The summed E-state index contributed by atoms with van der Waals surface area (Å²) < 4.78 is 14.8. The summed E-state index contributed by atoms with van der Waals surface area (Å²) in [4.78, 5) is 10.8. The Hall–Kier alpha value is -1.69. The van der Waals surface area contributed by atoms with Crippen molar-refractivity contribution in [2.45, 2.75) is 6.54 Å². The van der Waals surface area contributed by atoms with Crippen LogP contribution in [0.2, 0.25) is 0 Å². The van der Waals surface area contributed by atoms with Gasteiger partial charge < -0.3 is 5.11 Å². The maximum atomic E-state index is 13.0. The number of aromatic nitrogens is 2. The van der Waals surface area contributed by atoms with Crippen LogP contribution in [0.25, 0.3) is 0 Å². The van der Waals surface area contributed by atoms with E-state index in [1.807, 2.05) is 0 Å². The Kier molecular flexibility index (Phi) is 3.23. The number of nitrogens with zero attached hydrogens (tertiary/aromatic N) is 2.